The zero-order valence-corrected chi connectivity index (χ0v) is 13.6. The minimum Gasteiger partial charge on any atom is -0.496 e. The van der Waals surface area contributed by atoms with Crippen molar-refractivity contribution < 1.29 is 4.74 Å². The third kappa shape index (κ3) is 3.22. The Morgan fingerprint density at radius 3 is 2.90 bits per heavy atom. The zero-order valence-electron chi connectivity index (χ0n) is 11.2. The first kappa shape index (κ1) is 14.0. The predicted octanol–water partition coefficient (Wildman–Crippen LogP) is 4.51. The molecule has 0 saturated carbocycles. The zero-order chi connectivity index (χ0) is 14.7. The van der Waals surface area contributed by atoms with Crippen LogP contribution >= 0.6 is 27.3 Å². The molecule has 0 fully saturated rings. The minimum absolute atomic E-state index is 0.778. The Morgan fingerprint density at radius 1 is 1.29 bits per heavy atom. The maximum absolute atomic E-state index is 5.19. The number of nitrogens with one attached hydrogen (secondary N) is 1. The van der Waals surface area contributed by atoms with Gasteiger partial charge >= 0.3 is 0 Å². The molecule has 1 aromatic heterocycles. The second kappa shape index (κ2) is 6.24. The molecule has 0 aliphatic rings. The molecule has 6 heteroatoms. The molecule has 1 heterocycles. The number of methoxy groups -OCH3 is 1. The lowest BCUT2D eigenvalue weighted by Crippen LogP contribution is -1.91. The van der Waals surface area contributed by atoms with Crippen LogP contribution in [0.4, 0.5) is 5.13 Å². The first-order valence-corrected chi connectivity index (χ1v) is 7.85. The second-order valence-electron chi connectivity index (χ2n) is 4.25. The van der Waals surface area contributed by atoms with Crippen LogP contribution < -0.4 is 10.2 Å². The van der Waals surface area contributed by atoms with Crippen molar-refractivity contribution in [3.05, 3.63) is 52.5 Å². The van der Waals surface area contributed by atoms with Crippen molar-refractivity contribution in [3.8, 4) is 5.75 Å². The Hall–Kier alpha value is -1.92. The summed E-state index contributed by atoms with van der Waals surface area (Å²) in [6, 6.07) is 13.8. The number of hydrogen-bond donors (Lipinski definition) is 1. The Labute approximate surface area is 134 Å². The molecule has 2 aromatic carbocycles. The van der Waals surface area contributed by atoms with Crippen molar-refractivity contribution in [2.24, 2.45) is 5.10 Å². The predicted molar refractivity (Wildman–Crippen MR) is 91.5 cm³/mol. The van der Waals surface area contributed by atoms with E-state index in [9.17, 15) is 0 Å². The number of hydrogen-bond acceptors (Lipinski definition) is 5. The average molecular weight is 362 g/mol. The first-order valence-electron chi connectivity index (χ1n) is 6.24. The number of rotatable bonds is 4. The third-order valence-electron chi connectivity index (χ3n) is 2.84. The van der Waals surface area contributed by atoms with Gasteiger partial charge in [-0.1, -0.05) is 23.5 Å². The number of ether oxygens (including phenoxy) is 1. The van der Waals surface area contributed by atoms with E-state index in [1.54, 1.807) is 24.7 Å². The van der Waals surface area contributed by atoms with Crippen molar-refractivity contribution >= 4 is 48.8 Å². The standard InChI is InChI=1S/C15H12BrN3OS/c1-20-13-7-6-10(8-11(13)16)9-17-19-15-18-12-4-2-3-5-14(12)21-15/h2-9H,1H3,(H,18,19)/b17-9-. The summed E-state index contributed by atoms with van der Waals surface area (Å²) < 4.78 is 7.23. The van der Waals surface area contributed by atoms with E-state index in [-0.39, 0.29) is 0 Å². The number of benzene rings is 2. The van der Waals surface area contributed by atoms with E-state index in [2.05, 4.69) is 31.4 Å². The fraction of sp³-hybridized carbons (Fsp3) is 0.0667. The highest BCUT2D eigenvalue weighted by atomic mass is 79.9. The Bertz CT molecular complexity index is 767. The normalized spacial score (nSPS) is 11.1. The van der Waals surface area contributed by atoms with Crippen molar-refractivity contribution in [3.63, 3.8) is 0 Å². The van der Waals surface area contributed by atoms with Crippen LogP contribution in [-0.2, 0) is 0 Å². The van der Waals surface area contributed by atoms with Crippen LogP contribution in [0.2, 0.25) is 0 Å². The van der Waals surface area contributed by atoms with Crippen molar-refractivity contribution in [1.82, 2.24) is 4.98 Å². The number of halogens is 1. The van der Waals surface area contributed by atoms with Gasteiger partial charge in [-0.25, -0.2) is 4.98 Å². The molecule has 0 bridgehead atoms. The number of anilines is 1. The molecule has 1 N–H and O–H groups in total. The summed E-state index contributed by atoms with van der Waals surface area (Å²) >= 11 is 5.03. The number of aromatic nitrogens is 1. The molecule has 0 radical (unpaired) electrons. The number of hydrazone groups is 1. The summed E-state index contributed by atoms with van der Waals surface area (Å²) in [4.78, 5) is 4.45. The van der Waals surface area contributed by atoms with E-state index in [0.29, 0.717) is 0 Å². The Kier molecular flexibility index (Phi) is 4.17. The highest BCUT2D eigenvalue weighted by Crippen LogP contribution is 2.26. The number of nitrogens with zero attached hydrogens (tertiary/aromatic N) is 2. The molecule has 3 rings (SSSR count). The van der Waals surface area contributed by atoms with Crippen LogP contribution in [0.1, 0.15) is 5.56 Å². The molecule has 4 nitrogen and oxygen atoms in total. The van der Waals surface area contributed by atoms with E-state index < -0.39 is 0 Å². The quantitative estimate of drug-likeness (QED) is 0.549. The van der Waals surface area contributed by atoms with E-state index in [0.717, 1.165) is 31.1 Å². The molecule has 0 aliphatic heterocycles. The van der Waals surface area contributed by atoms with Gasteiger partial charge in [-0.2, -0.15) is 5.10 Å². The molecule has 106 valence electrons. The van der Waals surface area contributed by atoms with Gasteiger partial charge in [0.2, 0.25) is 5.13 Å². The van der Waals surface area contributed by atoms with Crippen LogP contribution in [0.25, 0.3) is 10.2 Å². The van der Waals surface area contributed by atoms with Gasteiger partial charge in [0.05, 0.1) is 28.0 Å². The monoisotopic (exact) mass is 361 g/mol. The Balaban J connectivity index is 1.73. The lowest BCUT2D eigenvalue weighted by atomic mass is 10.2. The van der Waals surface area contributed by atoms with Crippen LogP contribution in [-0.4, -0.2) is 18.3 Å². The third-order valence-corrected chi connectivity index (χ3v) is 4.40. The van der Waals surface area contributed by atoms with Crippen LogP contribution in [0.3, 0.4) is 0 Å². The summed E-state index contributed by atoms with van der Waals surface area (Å²) in [7, 11) is 1.64. The molecular weight excluding hydrogens is 350 g/mol. The molecular formula is C15H12BrN3OS. The van der Waals surface area contributed by atoms with E-state index in [1.807, 2.05) is 42.5 Å². The molecule has 0 amide bonds. The van der Waals surface area contributed by atoms with Gasteiger partial charge in [0.25, 0.3) is 0 Å². The molecule has 0 aliphatic carbocycles. The fourth-order valence-corrected chi connectivity index (χ4v) is 3.22. The molecule has 0 atom stereocenters. The summed E-state index contributed by atoms with van der Waals surface area (Å²) in [6.07, 6.45) is 1.75. The molecule has 0 unspecified atom stereocenters. The summed E-state index contributed by atoms with van der Waals surface area (Å²) in [5, 5.41) is 4.99. The molecule has 0 spiro atoms. The first-order chi connectivity index (χ1) is 10.3. The van der Waals surface area contributed by atoms with Crippen LogP contribution in [0, 0.1) is 0 Å². The van der Waals surface area contributed by atoms with Gasteiger partial charge in [-0.05, 0) is 51.8 Å². The van der Waals surface area contributed by atoms with Gasteiger partial charge in [-0.3, -0.25) is 5.43 Å². The largest absolute Gasteiger partial charge is 0.496 e. The average Bonchev–Trinajstić information content (AvgIpc) is 2.90. The summed E-state index contributed by atoms with van der Waals surface area (Å²) in [6.45, 7) is 0. The number of para-hydroxylation sites is 1. The second-order valence-corrected chi connectivity index (χ2v) is 6.14. The van der Waals surface area contributed by atoms with Crippen molar-refractivity contribution in [2.45, 2.75) is 0 Å². The van der Waals surface area contributed by atoms with E-state index in [1.165, 1.54) is 0 Å². The molecule has 21 heavy (non-hydrogen) atoms. The maximum Gasteiger partial charge on any atom is 0.204 e. The van der Waals surface area contributed by atoms with Crippen LogP contribution in [0.15, 0.2) is 52.0 Å². The highest BCUT2D eigenvalue weighted by Gasteiger charge is 2.02. The molecule has 3 aromatic rings. The van der Waals surface area contributed by atoms with Gasteiger partial charge in [0.15, 0.2) is 0 Å². The molecule has 0 saturated heterocycles. The van der Waals surface area contributed by atoms with E-state index in [4.69, 9.17) is 4.74 Å². The lowest BCUT2D eigenvalue weighted by Gasteiger charge is -2.02. The van der Waals surface area contributed by atoms with Gasteiger partial charge in [0.1, 0.15) is 5.75 Å². The SMILES string of the molecule is COc1ccc(/C=N\Nc2nc3ccccc3s2)cc1Br. The highest BCUT2D eigenvalue weighted by molar-refractivity contribution is 9.10. The van der Waals surface area contributed by atoms with Gasteiger partial charge in [0, 0.05) is 0 Å². The van der Waals surface area contributed by atoms with Crippen LogP contribution in [0.5, 0.6) is 5.75 Å². The van der Waals surface area contributed by atoms with E-state index >= 15 is 0 Å². The minimum atomic E-state index is 0.778. The topological polar surface area (TPSA) is 46.5 Å². The fourth-order valence-electron chi connectivity index (χ4n) is 1.84. The van der Waals surface area contributed by atoms with Gasteiger partial charge in [-0.15, -0.1) is 0 Å². The smallest absolute Gasteiger partial charge is 0.204 e. The Morgan fingerprint density at radius 2 is 2.14 bits per heavy atom. The summed E-state index contributed by atoms with van der Waals surface area (Å²) in [5.41, 5.74) is 4.91. The number of fused-ring (bicyclic) bond motifs is 1. The maximum atomic E-state index is 5.19. The van der Waals surface area contributed by atoms with Gasteiger partial charge < -0.3 is 4.74 Å². The number of thiazole rings is 1. The van der Waals surface area contributed by atoms with Crippen molar-refractivity contribution in [1.29, 1.82) is 0 Å². The van der Waals surface area contributed by atoms with Crippen molar-refractivity contribution in [2.75, 3.05) is 12.5 Å². The summed E-state index contributed by atoms with van der Waals surface area (Å²) in [5.74, 6) is 0.797. The lowest BCUT2D eigenvalue weighted by molar-refractivity contribution is 0.412.